The Morgan fingerprint density at radius 2 is 1.80 bits per heavy atom. The van der Waals surface area contributed by atoms with Crippen LogP contribution in [0.15, 0.2) is 42.5 Å². The number of carboxylic acid groups (broad SMARTS) is 1. The molecule has 7 nitrogen and oxygen atoms in total. The van der Waals surface area contributed by atoms with Crippen molar-refractivity contribution in [3.63, 3.8) is 0 Å². The molecule has 2 N–H and O–H groups in total. The summed E-state index contributed by atoms with van der Waals surface area (Å²) in [5.41, 5.74) is 0.701. The van der Waals surface area contributed by atoms with Crippen LogP contribution in [0.4, 0.5) is 5.69 Å². The number of aromatic carboxylic acids is 1. The van der Waals surface area contributed by atoms with E-state index in [0.29, 0.717) is 16.3 Å². The third-order valence-electron chi connectivity index (χ3n) is 3.12. The van der Waals surface area contributed by atoms with Crippen molar-refractivity contribution in [2.45, 2.75) is 0 Å². The predicted octanol–water partition coefficient (Wildman–Crippen LogP) is 2.84. The zero-order chi connectivity index (χ0) is 18.4. The monoisotopic (exact) mass is 363 g/mol. The van der Waals surface area contributed by atoms with Crippen LogP contribution in [0.2, 0.25) is 5.02 Å². The molecule has 0 spiro atoms. The standard InChI is InChI=1S/C17H14ClNO6/c1-24-17(23)10-2-5-12(6-3-10)19-15(20)9-25-14-8-11(18)4-7-13(14)16(21)22/h2-8H,9H2,1H3,(H,19,20)(H,21,22). The van der Waals surface area contributed by atoms with Crippen molar-refractivity contribution in [1.29, 1.82) is 0 Å². The minimum Gasteiger partial charge on any atom is -0.483 e. The van der Waals surface area contributed by atoms with E-state index in [0.717, 1.165) is 0 Å². The molecule has 0 aliphatic rings. The Bertz CT molecular complexity index is 803. The van der Waals surface area contributed by atoms with Crippen LogP contribution in [-0.4, -0.2) is 36.7 Å². The number of hydrogen-bond donors (Lipinski definition) is 2. The number of anilines is 1. The molecule has 8 heteroatoms. The van der Waals surface area contributed by atoms with Gasteiger partial charge in [-0.3, -0.25) is 4.79 Å². The molecule has 0 aromatic heterocycles. The van der Waals surface area contributed by atoms with Crippen molar-refractivity contribution >= 4 is 35.1 Å². The molecule has 25 heavy (non-hydrogen) atoms. The Labute approximate surface area is 148 Å². The number of carbonyl (C=O) groups is 3. The van der Waals surface area contributed by atoms with Gasteiger partial charge in [0.05, 0.1) is 12.7 Å². The van der Waals surface area contributed by atoms with E-state index in [9.17, 15) is 14.4 Å². The molecule has 130 valence electrons. The van der Waals surface area contributed by atoms with Crippen LogP contribution in [0.5, 0.6) is 5.75 Å². The van der Waals surface area contributed by atoms with Crippen LogP contribution >= 0.6 is 11.6 Å². The molecule has 1 amide bonds. The number of benzene rings is 2. The molecule has 0 aliphatic heterocycles. The predicted molar refractivity (Wildman–Crippen MR) is 90.3 cm³/mol. The summed E-state index contributed by atoms with van der Waals surface area (Å²) in [7, 11) is 1.27. The number of carboxylic acids is 1. The van der Waals surface area contributed by atoms with Crippen molar-refractivity contribution in [3.8, 4) is 5.75 Å². The molecule has 2 aromatic carbocycles. The number of ether oxygens (including phenoxy) is 2. The maximum absolute atomic E-state index is 11.9. The Morgan fingerprint density at radius 3 is 2.40 bits per heavy atom. The first-order valence-electron chi connectivity index (χ1n) is 7.04. The van der Waals surface area contributed by atoms with Crippen LogP contribution in [0, 0.1) is 0 Å². The first-order valence-corrected chi connectivity index (χ1v) is 7.42. The molecule has 0 heterocycles. The number of carbonyl (C=O) groups excluding carboxylic acids is 2. The van der Waals surface area contributed by atoms with Gasteiger partial charge < -0.3 is 19.9 Å². The molecule has 0 unspecified atom stereocenters. The van der Waals surface area contributed by atoms with Crippen molar-refractivity contribution in [2.24, 2.45) is 0 Å². The molecule has 0 fully saturated rings. The number of rotatable bonds is 6. The van der Waals surface area contributed by atoms with Crippen molar-refractivity contribution < 1.29 is 29.0 Å². The third-order valence-corrected chi connectivity index (χ3v) is 3.36. The minimum atomic E-state index is -1.19. The van der Waals surface area contributed by atoms with E-state index in [1.807, 2.05) is 0 Å². The number of amides is 1. The average Bonchev–Trinajstić information content (AvgIpc) is 2.59. The summed E-state index contributed by atoms with van der Waals surface area (Å²) in [6.45, 7) is -0.403. The van der Waals surface area contributed by atoms with E-state index < -0.39 is 24.5 Å². The number of methoxy groups -OCH3 is 1. The summed E-state index contributed by atoms with van der Waals surface area (Å²) in [4.78, 5) is 34.4. The normalized spacial score (nSPS) is 10.0. The first-order chi connectivity index (χ1) is 11.9. The highest BCUT2D eigenvalue weighted by Gasteiger charge is 2.13. The summed E-state index contributed by atoms with van der Waals surface area (Å²) in [6, 6.07) is 10.1. The molecule has 0 bridgehead atoms. The number of nitrogens with one attached hydrogen (secondary N) is 1. The van der Waals surface area contributed by atoms with E-state index in [4.69, 9.17) is 21.4 Å². The second-order valence-corrected chi connectivity index (χ2v) is 5.29. The first kappa shape index (κ1) is 18.3. The average molecular weight is 364 g/mol. The second kappa shape index (κ2) is 8.16. The van der Waals surface area contributed by atoms with E-state index in [-0.39, 0.29) is 11.3 Å². The molecular weight excluding hydrogens is 350 g/mol. The fourth-order valence-corrected chi connectivity index (χ4v) is 2.10. The van der Waals surface area contributed by atoms with Gasteiger partial charge in [0.2, 0.25) is 0 Å². The minimum absolute atomic E-state index is 0.00353. The largest absolute Gasteiger partial charge is 0.483 e. The van der Waals surface area contributed by atoms with Crippen LogP contribution in [0.1, 0.15) is 20.7 Å². The van der Waals surface area contributed by atoms with Gasteiger partial charge in [0.25, 0.3) is 5.91 Å². The SMILES string of the molecule is COC(=O)c1ccc(NC(=O)COc2cc(Cl)ccc2C(=O)O)cc1. The summed E-state index contributed by atoms with van der Waals surface area (Å²) >= 11 is 5.81. The number of esters is 1. The highest BCUT2D eigenvalue weighted by molar-refractivity contribution is 6.30. The Hall–Kier alpha value is -3.06. The maximum Gasteiger partial charge on any atom is 0.339 e. The molecule has 0 aliphatic carbocycles. The zero-order valence-electron chi connectivity index (χ0n) is 13.1. The topological polar surface area (TPSA) is 102 Å². The van der Waals surface area contributed by atoms with Gasteiger partial charge in [0.1, 0.15) is 11.3 Å². The lowest BCUT2D eigenvalue weighted by Crippen LogP contribution is -2.21. The van der Waals surface area contributed by atoms with Gasteiger partial charge >= 0.3 is 11.9 Å². The van der Waals surface area contributed by atoms with Gasteiger partial charge in [-0.25, -0.2) is 9.59 Å². The smallest absolute Gasteiger partial charge is 0.339 e. The fraction of sp³-hybridized carbons (Fsp3) is 0.118. The quantitative estimate of drug-likeness (QED) is 0.765. The molecule has 0 atom stereocenters. The highest BCUT2D eigenvalue weighted by atomic mass is 35.5. The molecular formula is C17H14ClNO6. The summed E-state index contributed by atoms with van der Waals surface area (Å²) in [5.74, 6) is -2.17. The third kappa shape index (κ3) is 4.95. The highest BCUT2D eigenvalue weighted by Crippen LogP contribution is 2.23. The van der Waals surface area contributed by atoms with E-state index in [2.05, 4.69) is 10.1 Å². The van der Waals surface area contributed by atoms with Gasteiger partial charge in [-0.15, -0.1) is 0 Å². The van der Waals surface area contributed by atoms with Gasteiger partial charge in [-0.1, -0.05) is 11.6 Å². The zero-order valence-corrected chi connectivity index (χ0v) is 13.9. The van der Waals surface area contributed by atoms with Crippen LogP contribution in [-0.2, 0) is 9.53 Å². The van der Waals surface area contributed by atoms with Gasteiger partial charge in [-0.2, -0.15) is 0 Å². The molecule has 2 rings (SSSR count). The maximum atomic E-state index is 11.9. The van der Waals surface area contributed by atoms with Crippen LogP contribution in [0.3, 0.4) is 0 Å². The number of halogens is 1. The Kier molecular flexibility index (Phi) is 5.97. The van der Waals surface area contributed by atoms with Crippen molar-refractivity contribution in [3.05, 3.63) is 58.6 Å². The summed E-state index contributed by atoms with van der Waals surface area (Å²) < 4.78 is 9.82. The van der Waals surface area contributed by atoms with Gasteiger partial charge in [0, 0.05) is 10.7 Å². The van der Waals surface area contributed by atoms with Crippen LogP contribution in [0.25, 0.3) is 0 Å². The molecule has 0 saturated heterocycles. The van der Waals surface area contributed by atoms with E-state index in [1.54, 1.807) is 0 Å². The summed E-state index contributed by atoms with van der Waals surface area (Å²) in [6.07, 6.45) is 0. The molecule has 0 saturated carbocycles. The number of hydrogen-bond acceptors (Lipinski definition) is 5. The molecule has 0 radical (unpaired) electrons. The fourth-order valence-electron chi connectivity index (χ4n) is 1.94. The van der Waals surface area contributed by atoms with Gasteiger partial charge in [0.15, 0.2) is 6.61 Å². The Balaban J connectivity index is 1.98. The van der Waals surface area contributed by atoms with Crippen molar-refractivity contribution in [1.82, 2.24) is 0 Å². The summed E-state index contributed by atoms with van der Waals surface area (Å²) in [5, 5.41) is 11.9. The lowest BCUT2D eigenvalue weighted by molar-refractivity contribution is -0.118. The van der Waals surface area contributed by atoms with E-state index >= 15 is 0 Å². The van der Waals surface area contributed by atoms with Crippen molar-refractivity contribution in [2.75, 3.05) is 19.0 Å². The second-order valence-electron chi connectivity index (χ2n) is 4.85. The lowest BCUT2D eigenvalue weighted by Gasteiger charge is -2.10. The van der Waals surface area contributed by atoms with Gasteiger partial charge in [-0.05, 0) is 42.5 Å². The lowest BCUT2D eigenvalue weighted by atomic mass is 10.2. The van der Waals surface area contributed by atoms with Crippen LogP contribution < -0.4 is 10.1 Å². The molecule has 2 aromatic rings. The Morgan fingerprint density at radius 1 is 1.12 bits per heavy atom. The van der Waals surface area contributed by atoms with E-state index in [1.165, 1.54) is 49.6 Å².